The van der Waals surface area contributed by atoms with Crippen molar-refractivity contribution < 1.29 is 4.79 Å². The second-order valence-corrected chi connectivity index (χ2v) is 5.92. The van der Waals surface area contributed by atoms with E-state index in [1.54, 1.807) is 12.4 Å². The van der Waals surface area contributed by atoms with Crippen LogP contribution in [0.4, 0.5) is 5.82 Å². The molecule has 0 unspecified atom stereocenters. The molecule has 0 bridgehead atoms. The molecule has 6 heteroatoms. The predicted octanol–water partition coefficient (Wildman–Crippen LogP) is 2.15. The number of pyridine rings is 1. The average molecular weight is 313 g/mol. The minimum atomic E-state index is 0.170. The van der Waals surface area contributed by atoms with Crippen LogP contribution in [-0.2, 0) is 18.3 Å². The van der Waals surface area contributed by atoms with Crippen molar-refractivity contribution in [1.82, 2.24) is 19.7 Å². The summed E-state index contributed by atoms with van der Waals surface area (Å²) in [6.45, 7) is 0.839. The molecule has 1 amide bonds. The van der Waals surface area contributed by atoms with Crippen LogP contribution in [0.1, 0.15) is 36.6 Å². The summed E-state index contributed by atoms with van der Waals surface area (Å²) in [5.41, 5.74) is 2.26. The molecule has 1 aliphatic rings. The normalized spacial score (nSPS) is 17.5. The van der Waals surface area contributed by atoms with E-state index in [0.29, 0.717) is 6.42 Å². The quantitative estimate of drug-likeness (QED) is 0.919. The third kappa shape index (κ3) is 3.36. The third-order valence-electron chi connectivity index (χ3n) is 4.52. The van der Waals surface area contributed by atoms with Crippen molar-refractivity contribution in [3.8, 4) is 0 Å². The molecule has 122 valence electrons. The van der Waals surface area contributed by atoms with Crippen LogP contribution in [-0.4, -0.2) is 39.2 Å². The molecule has 1 fully saturated rings. The highest BCUT2D eigenvalue weighted by Crippen LogP contribution is 2.33. The van der Waals surface area contributed by atoms with Crippen molar-refractivity contribution in [2.24, 2.45) is 7.05 Å². The molecule has 0 aliphatic carbocycles. The summed E-state index contributed by atoms with van der Waals surface area (Å²) in [6, 6.07) is 6.19. The number of hydrogen-bond acceptors (Lipinski definition) is 4. The first kappa shape index (κ1) is 15.5. The van der Waals surface area contributed by atoms with E-state index in [2.05, 4.69) is 15.4 Å². The summed E-state index contributed by atoms with van der Waals surface area (Å²) >= 11 is 0. The second kappa shape index (κ2) is 6.81. The van der Waals surface area contributed by atoms with Gasteiger partial charge in [-0.3, -0.25) is 9.48 Å². The number of carbonyl (C=O) groups excluding carboxylic acids is 1. The molecule has 6 nitrogen and oxygen atoms in total. The minimum absolute atomic E-state index is 0.170. The summed E-state index contributed by atoms with van der Waals surface area (Å²) in [7, 11) is 3.77. The van der Waals surface area contributed by atoms with Gasteiger partial charge in [-0.05, 0) is 43.0 Å². The molecule has 0 spiro atoms. The van der Waals surface area contributed by atoms with Gasteiger partial charge in [0.1, 0.15) is 5.82 Å². The lowest BCUT2D eigenvalue weighted by molar-refractivity contribution is -0.132. The number of aryl methyl sites for hydroxylation is 2. The van der Waals surface area contributed by atoms with Gasteiger partial charge in [-0.2, -0.15) is 5.10 Å². The highest BCUT2D eigenvalue weighted by molar-refractivity contribution is 5.77. The van der Waals surface area contributed by atoms with Gasteiger partial charge in [0.25, 0.3) is 0 Å². The molecule has 3 rings (SSSR count). The molecule has 0 aromatic carbocycles. The molecule has 2 aromatic heterocycles. The Morgan fingerprint density at radius 2 is 2.26 bits per heavy atom. The Morgan fingerprint density at radius 1 is 1.39 bits per heavy atom. The summed E-state index contributed by atoms with van der Waals surface area (Å²) < 4.78 is 1.83. The lowest BCUT2D eigenvalue weighted by Crippen LogP contribution is -2.30. The molecular formula is C17H23N5O. The van der Waals surface area contributed by atoms with Gasteiger partial charge in [0.15, 0.2) is 0 Å². The number of rotatable bonds is 5. The summed E-state index contributed by atoms with van der Waals surface area (Å²) in [4.78, 5) is 18.9. The SMILES string of the molecule is CNc1cc([C@H]2CCCN2C(=O)CCc2ccnn2C)ccn1. The van der Waals surface area contributed by atoms with Gasteiger partial charge in [0, 0.05) is 45.1 Å². The highest BCUT2D eigenvalue weighted by Gasteiger charge is 2.29. The van der Waals surface area contributed by atoms with Crippen LogP contribution in [0.25, 0.3) is 0 Å². The zero-order valence-corrected chi connectivity index (χ0v) is 13.7. The molecule has 1 aliphatic heterocycles. The number of nitrogens with one attached hydrogen (secondary N) is 1. The van der Waals surface area contributed by atoms with Crippen LogP contribution in [0, 0.1) is 0 Å². The lowest BCUT2D eigenvalue weighted by atomic mass is 10.1. The molecule has 2 aromatic rings. The standard InChI is InChI=1S/C17H23N5O/c1-18-16-12-13(7-9-19-16)15-4-3-11-22(15)17(23)6-5-14-8-10-20-21(14)2/h7-10,12,15H,3-6,11H2,1-2H3,(H,18,19)/t15-/m1/s1. The maximum Gasteiger partial charge on any atom is 0.223 e. The Bertz CT molecular complexity index is 681. The molecule has 1 atom stereocenters. The number of carbonyl (C=O) groups is 1. The van der Waals surface area contributed by atoms with Crippen LogP contribution in [0.5, 0.6) is 0 Å². The van der Waals surface area contributed by atoms with E-state index in [1.807, 2.05) is 41.9 Å². The minimum Gasteiger partial charge on any atom is -0.373 e. The number of hydrogen-bond donors (Lipinski definition) is 1. The van der Waals surface area contributed by atoms with Gasteiger partial charge < -0.3 is 10.2 Å². The van der Waals surface area contributed by atoms with Crippen molar-refractivity contribution in [3.63, 3.8) is 0 Å². The summed E-state index contributed by atoms with van der Waals surface area (Å²) in [6.07, 6.45) is 6.91. The van der Waals surface area contributed by atoms with Gasteiger partial charge in [-0.1, -0.05) is 0 Å². The molecule has 1 N–H and O–H groups in total. The van der Waals surface area contributed by atoms with Crippen LogP contribution in [0.2, 0.25) is 0 Å². The highest BCUT2D eigenvalue weighted by atomic mass is 16.2. The number of amides is 1. The fourth-order valence-corrected chi connectivity index (χ4v) is 3.23. The van der Waals surface area contributed by atoms with Crippen LogP contribution in [0.15, 0.2) is 30.6 Å². The summed E-state index contributed by atoms with van der Waals surface area (Å²) in [5, 5.41) is 7.21. The summed E-state index contributed by atoms with van der Waals surface area (Å²) in [5.74, 6) is 1.06. The van der Waals surface area contributed by atoms with Gasteiger partial charge in [-0.25, -0.2) is 4.98 Å². The van der Waals surface area contributed by atoms with Crippen molar-refractivity contribution in [3.05, 3.63) is 41.9 Å². The fraction of sp³-hybridized carbons (Fsp3) is 0.471. The molecule has 23 heavy (non-hydrogen) atoms. The molecular weight excluding hydrogens is 290 g/mol. The van der Waals surface area contributed by atoms with Crippen molar-refractivity contribution in [1.29, 1.82) is 0 Å². The Hall–Kier alpha value is -2.37. The molecule has 3 heterocycles. The number of aromatic nitrogens is 3. The van der Waals surface area contributed by atoms with E-state index < -0.39 is 0 Å². The van der Waals surface area contributed by atoms with Gasteiger partial charge in [0.2, 0.25) is 5.91 Å². The van der Waals surface area contributed by atoms with E-state index in [0.717, 1.165) is 42.9 Å². The van der Waals surface area contributed by atoms with E-state index >= 15 is 0 Å². The first-order chi connectivity index (χ1) is 11.2. The first-order valence-electron chi connectivity index (χ1n) is 8.09. The molecule has 0 radical (unpaired) electrons. The number of nitrogens with zero attached hydrogens (tertiary/aromatic N) is 4. The van der Waals surface area contributed by atoms with Crippen molar-refractivity contribution >= 4 is 11.7 Å². The Kier molecular flexibility index (Phi) is 4.60. The third-order valence-corrected chi connectivity index (χ3v) is 4.52. The van der Waals surface area contributed by atoms with Crippen LogP contribution >= 0.6 is 0 Å². The Morgan fingerprint density at radius 3 is 3.00 bits per heavy atom. The van der Waals surface area contributed by atoms with Gasteiger partial charge >= 0.3 is 0 Å². The smallest absolute Gasteiger partial charge is 0.223 e. The maximum atomic E-state index is 12.7. The largest absolute Gasteiger partial charge is 0.373 e. The Labute approximate surface area is 136 Å². The topological polar surface area (TPSA) is 63.1 Å². The van der Waals surface area contributed by atoms with Gasteiger partial charge in [0.05, 0.1) is 6.04 Å². The number of likely N-dealkylation sites (tertiary alicyclic amines) is 1. The van der Waals surface area contributed by atoms with E-state index in [1.165, 1.54) is 0 Å². The first-order valence-corrected chi connectivity index (χ1v) is 8.09. The maximum absolute atomic E-state index is 12.7. The van der Waals surface area contributed by atoms with Crippen LogP contribution in [0.3, 0.4) is 0 Å². The fourth-order valence-electron chi connectivity index (χ4n) is 3.23. The van der Waals surface area contributed by atoms with Gasteiger partial charge in [-0.15, -0.1) is 0 Å². The van der Waals surface area contributed by atoms with E-state index in [4.69, 9.17) is 0 Å². The monoisotopic (exact) mass is 313 g/mol. The lowest BCUT2D eigenvalue weighted by Gasteiger charge is -2.25. The van der Waals surface area contributed by atoms with Crippen molar-refractivity contribution in [2.45, 2.75) is 31.7 Å². The molecule has 0 saturated carbocycles. The second-order valence-electron chi connectivity index (χ2n) is 5.92. The Balaban J connectivity index is 1.68. The zero-order chi connectivity index (χ0) is 16.2. The predicted molar refractivity (Wildman–Crippen MR) is 89.0 cm³/mol. The number of anilines is 1. The van der Waals surface area contributed by atoms with E-state index in [-0.39, 0.29) is 11.9 Å². The van der Waals surface area contributed by atoms with Crippen molar-refractivity contribution in [2.75, 3.05) is 18.9 Å². The van der Waals surface area contributed by atoms with E-state index in [9.17, 15) is 4.79 Å². The molecule has 1 saturated heterocycles. The average Bonchev–Trinajstić information content (AvgIpc) is 3.21. The van der Waals surface area contributed by atoms with Crippen LogP contribution < -0.4 is 5.32 Å². The zero-order valence-electron chi connectivity index (χ0n) is 13.7.